The number of allylic oxidation sites excluding steroid dienone is 1. The summed E-state index contributed by atoms with van der Waals surface area (Å²) in [6, 6.07) is 0. The second-order valence-electron chi connectivity index (χ2n) is 6.56. The lowest BCUT2D eigenvalue weighted by Gasteiger charge is -2.26. The Bertz CT molecular complexity index is 622. The molecule has 0 saturated heterocycles. The fourth-order valence-corrected chi connectivity index (χ4v) is 2.77. The number of carbonyl (C=O) groups is 1. The SMILES string of the molecule is C=C(C)n1cc(C(F)(F)F)c(C(=O)NC(C)(C)C2CC2)c1C. The number of nitrogens with one attached hydrogen (secondary N) is 1. The molecule has 0 spiro atoms. The number of hydrogen-bond acceptors (Lipinski definition) is 1. The summed E-state index contributed by atoms with van der Waals surface area (Å²) in [7, 11) is 0. The van der Waals surface area contributed by atoms with E-state index in [2.05, 4.69) is 11.9 Å². The Labute approximate surface area is 128 Å². The van der Waals surface area contributed by atoms with Crippen molar-refractivity contribution in [2.45, 2.75) is 52.3 Å². The molecule has 1 heterocycles. The van der Waals surface area contributed by atoms with Crippen LogP contribution in [0.25, 0.3) is 5.70 Å². The van der Waals surface area contributed by atoms with Gasteiger partial charge in [-0.15, -0.1) is 0 Å². The van der Waals surface area contributed by atoms with E-state index in [4.69, 9.17) is 0 Å². The molecule has 1 aliphatic rings. The van der Waals surface area contributed by atoms with Gasteiger partial charge in [0.15, 0.2) is 0 Å². The Morgan fingerprint density at radius 3 is 2.32 bits per heavy atom. The number of aromatic nitrogens is 1. The summed E-state index contributed by atoms with van der Waals surface area (Å²) in [4.78, 5) is 12.5. The molecule has 0 radical (unpaired) electrons. The lowest BCUT2D eigenvalue weighted by Crippen LogP contribution is -2.45. The van der Waals surface area contributed by atoms with Gasteiger partial charge in [-0.05, 0) is 46.5 Å². The van der Waals surface area contributed by atoms with E-state index in [-0.39, 0.29) is 11.3 Å². The Hall–Kier alpha value is -1.72. The molecule has 2 rings (SSSR count). The summed E-state index contributed by atoms with van der Waals surface area (Å²) in [5.41, 5.74) is -1.05. The Morgan fingerprint density at radius 2 is 1.91 bits per heavy atom. The highest BCUT2D eigenvalue weighted by atomic mass is 19.4. The van der Waals surface area contributed by atoms with E-state index in [1.54, 1.807) is 6.92 Å². The molecular formula is C16H21F3N2O. The summed E-state index contributed by atoms with van der Waals surface area (Å²) in [6.45, 7) is 10.5. The third-order valence-electron chi connectivity index (χ3n) is 4.23. The molecular weight excluding hydrogens is 293 g/mol. The molecule has 1 fully saturated rings. The quantitative estimate of drug-likeness (QED) is 0.887. The summed E-state index contributed by atoms with van der Waals surface area (Å²) in [5, 5.41) is 2.76. The molecule has 0 atom stereocenters. The van der Waals surface area contributed by atoms with Crippen LogP contribution in [-0.4, -0.2) is 16.0 Å². The van der Waals surface area contributed by atoms with Gasteiger partial charge in [-0.25, -0.2) is 0 Å². The first-order valence-corrected chi connectivity index (χ1v) is 7.22. The molecule has 0 aliphatic heterocycles. The first kappa shape index (κ1) is 16.6. The molecule has 22 heavy (non-hydrogen) atoms. The van der Waals surface area contributed by atoms with E-state index in [9.17, 15) is 18.0 Å². The average Bonchev–Trinajstić information content (AvgIpc) is 3.11. The molecule has 1 aromatic rings. The van der Waals surface area contributed by atoms with Crippen LogP contribution in [0.5, 0.6) is 0 Å². The summed E-state index contributed by atoms with van der Waals surface area (Å²) < 4.78 is 41.0. The Balaban J connectivity index is 2.44. The second kappa shape index (κ2) is 5.18. The van der Waals surface area contributed by atoms with Crippen molar-refractivity contribution in [3.63, 3.8) is 0 Å². The van der Waals surface area contributed by atoms with E-state index >= 15 is 0 Å². The van der Waals surface area contributed by atoms with Crippen LogP contribution >= 0.6 is 0 Å². The third kappa shape index (κ3) is 3.05. The van der Waals surface area contributed by atoms with Crippen molar-refractivity contribution in [1.29, 1.82) is 0 Å². The zero-order valence-corrected chi connectivity index (χ0v) is 13.3. The van der Waals surface area contributed by atoms with Crippen LogP contribution in [-0.2, 0) is 6.18 Å². The summed E-state index contributed by atoms with van der Waals surface area (Å²) in [5.74, 6) is -0.351. The molecule has 122 valence electrons. The first-order valence-electron chi connectivity index (χ1n) is 7.22. The highest BCUT2D eigenvalue weighted by Gasteiger charge is 2.42. The molecule has 0 aromatic carbocycles. The topological polar surface area (TPSA) is 34.0 Å². The monoisotopic (exact) mass is 314 g/mol. The maximum Gasteiger partial charge on any atom is 0.418 e. The van der Waals surface area contributed by atoms with Crippen LogP contribution in [0.2, 0.25) is 0 Å². The van der Waals surface area contributed by atoms with Crippen molar-refractivity contribution in [3.8, 4) is 0 Å². The largest absolute Gasteiger partial charge is 0.418 e. The maximum absolute atomic E-state index is 13.2. The van der Waals surface area contributed by atoms with Gasteiger partial charge in [-0.2, -0.15) is 13.2 Å². The van der Waals surface area contributed by atoms with Gasteiger partial charge in [-0.3, -0.25) is 4.79 Å². The molecule has 1 aromatic heterocycles. The van der Waals surface area contributed by atoms with Crippen molar-refractivity contribution >= 4 is 11.6 Å². The predicted octanol–water partition coefficient (Wildman–Crippen LogP) is 4.22. The third-order valence-corrected chi connectivity index (χ3v) is 4.23. The molecule has 1 saturated carbocycles. The lowest BCUT2D eigenvalue weighted by molar-refractivity contribution is -0.137. The molecule has 0 unspecified atom stereocenters. The summed E-state index contributed by atoms with van der Waals surface area (Å²) in [6.07, 6.45) is -1.66. The standard InChI is InChI=1S/C16H21F3N2O/c1-9(2)21-8-12(16(17,18)19)13(10(21)3)14(22)20-15(4,5)11-6-7-11/h8,11H,1,6-7H2,2-5H3,(H,20,22). The smallest absolute Gasteiger partial charge is 0.347 e. The zero-order valence-electron chi connectivity index (χ0n) is 13.3. The van der Waals surface area contributed by atoms with E-state index in [1.165, 1.54) is 11.5 Å². The molecule has 1 amide bonds. The van der Waals surface area contributed by atoms with E-state index < -0.39 is 23.2 Å². The maximum atomic E-state index is 13.2. The highest BCUT2D eigenvalue weighted by molar-refractivity contribution is 5.98. The predicted molar refractivity (Wildman–Crippen MR) is 79.4 cm³/mol. The van der Waals surface area contributed by atoms with Gasteiger partial charge in [0.05, 0.1) is 11.1 Å². The average molecular weight is 314 g/mol. The van der Waals surface area contributed by atoms with E-state index in [1.807, 2.05) is 13.8 Å². The molecule has 3 nitrogen and oxygen atoms in total. The number of halogens is 3. The van der Waals surface area contributed by atoms with Crippen molar-refractivity contribution in [2.24, 2.45) is 5.92 Å². The molecule has 6 heteroatoms. The van der Waals surface area contributed by atoms with Gasteiger partial charge >= 0.3 is 6.18 Å². The van der Waals surface area contributed by atoms with Crippen LogP contribution in [0, 0.1) is 12.8 Å². The van der Waals surface area contributed by atoms with Crippen LogP contribution < -0.4 is 5.32 Å². The van der Waals surface area contributed by atoms with Gasteiger partial charge in [0.2, 0.25) is 0 Å². The van der Waals surface area contributed by atoms with Crippen LogP contribution in [0.15, 0.2) is 12.8 Å². The van der Waals surface area contributed by atoms with Crippen LogP contribution in [0.1, 0.15) is 55.2 Å². The summed E-state index contributed by atoms with van der Waals surface area (Å²) >= 11 is 0. The molecule has 1 N–H and O–H groups in total. The van der Waals surface area contributed by atoms with Crippen molar-refractivity contribution in [3.05, 3.63) is 29.6 Å². The first-order chi connectivity index (χ1) is 9.95. The number of carbonyl (C=O) groups excluding carboxylic acids is 1. The number of amides is 1. The molecule has 1 aliphatic carbocycles. The van der Waals surface area contributed by atoms with Crippen LogP contribution in [0.4, 0.5) is 13.2 Å². The normalized spacial score (nSPS) is 15.8. The fraction of sp³-hybridized carbons (Fsp3) is 0.562. The number of hydrogen-bond donors (Lipinski definition) is 1. The van der Waals surface area contributed by atoms with Gasteiger partial charge in [0, 0.05) is 23.1 Å². The highest BCUT2D eigenvalue weighted by Crippen LogP contribution is 2.40. The minimum atomic E-state index is -4.58. The zero-order chi connectivity index (χ0) is 16.9. The lowest BCUT2D eigenvalue weighted by atomic mass is 9.97. The number of nitrogens with zero attached hydrogens (tertiary/aromatic N) is 1. The number of alkyl halides is 3. The minimum Gasteiger partial charge on any atom is -0.347 e. The van der Waals surface area contributed by atoms with Gasteiger partial charge < -0.3 is 9.88 Å². The minimum absolute atomic E-state index is 0.254. The van der Waals surface area contributed by atoms with Crippen LogP contribution in [0.3, 0.4) is 0 Å². The van der Waals surface area contributed by atoms with Crippen molar-refractivity contribution in [2.75, 3.05) is 0 Å². The van der Waals surface area contributed by atoms with E-state index in [0.717, 1.165) is 19.0 Å². The fourth-order valence-electron chi connectivity index (χ4n) is 2.77. The van der Waals surface area contributed by atoms with Gasteiger partial charge in [-0.1, -0.05) is 6.58 Å². The molecule has 0 bridgehead atoms. The van der Waals surface area contributed by atoms with E-state index in [0.29, 0.717) is 11.6 Å². The van der Waals surface area contributed by atoms with Gasteiger partial charge in [0.25, 0.3) is 5.91 Å². The van der Waals surface area contributed by atoms with Gasteiger partial charge in [0.1, 0.15) is 0 Å². The van der Waals surface area contributed by atoms with Crippen molar-refractivity contribution < 1.29 is 18.0 Å². The Morgan fingerprint density at radius 1 is 1.36 bits per heavy atom. The second-order valence-corrected chi connectivity index (χ2v) is 6.56. The van der Waals surface area contributed by atoms with Crippen molar-refractivity contribution in [1.82, 2.24) is 9.88 Å². The number of rotatable bonds is 4. The Kier molecular flexibility index (Phi) is 3.92.